The number of ether oxygens (including phenoxy) is 2. The maximum Gasteiger partial charge on any atom is 1.00 e. The van der Waals surface area contributed by atoms with Crippen LogP contribution in [0.1, 0.15) is 27.8 Å². The fourth-order valence-electron chi connectivity index (χ4n) is 4.74. The fourth-order valence-corrected chi connectivity index (χ4v) is 4.74. The Morgan fingerprint density at radius 3 is 1.58 bits per heavy atom. The van der Waals surface area contributed by atoms with E-state index in [4.69, 9.17) is 9.47 Å². The standard InChI is InChI=1S/C36H30O16.Na/c37-22-6-1-17(12-26(22)41)11-21(36(50)52-30(35(48)49)16-19-3-8-24(39)28(43)14-19)32-20(4-9-25(40)33(32)45)5-10-31(44)51-29(34(46)47)15-18-2-7-23(38)27(42)13-18;/h1-14,29-30,37-43,45H,15-16H2,(H,46,47)(H,48,49);/q;+1/p-1/b10-5+,21-11+;/t29-,30-;/m1./s1. The third-order valence-electron chi connectivity index (χ3n) is 7.35. The summed E-state index contributed by atoms with van der Waals surface area (Å²) in [6, 6.07) is 12.1. The second kappa shape index (κ2) is 17.7. The minimum absolute atomic E-state index is 0. The van der Waals surface area contributed by atoms with Gasteiger partial charge in [-0.05, 0) is 82.4 Å². The van der Waals surface area contributed by atoms with Gasteiger partial charge in [-0.15, -0.1) is 0 Å². The Balaban J connectivity index is 0.00000756. The predicted octanol–water partition coefficient (Wildman–Crippen LogP) is -0.265. The summed E-state index contributed by atoms with van der Waals surface area (Å²) in [6.45, 7) is 0. The van der Waals surface area contributed by atoms with E-state index in [9.17, 15) is 70.2 Å². The van der Waals surface area contributed by atoms with Gasteiger partial charge in [0, 0.05) is 18.9 Å². The molecule has 0 aliphatic rings. The fraction of sp³-hybridized carbons (Fsp3) is 0.111. The van der Waals surface area contributed by atoms with Crippen molar-refractivity contribution >= 4 is 41.6 Å². The van der Waals surface area contributed by atoms with Gasteiger partial charge in [0.05, 0.1) is 5.57 Å². The summed E-state index contributed by atoms with van der Waals surface area (Å²) < 4.78 is 10.3. The van der Waals surface area contributed by atoms with Crippen molar-refractivity contribution in [2.75, 3.05) is 0 Å². The topological polar surface area (TPSA) is 292 Å². The van der Waals surface area contributed by atoms with E-state index in [0.29, 0.717) is 6.08 Å². The zero-order chi connectivity index (χ0) is 38.3. The van der Waals surface area contributed by atoms with E-state index < -0.39 is 106 Å². The van der Waals surface area contributed by atoms with Crippen LogP contribution in [0, 0.1) is 0 Å². The van der Waals surface area contributed by atoms with Gasteiger partial charge in [-0.1, -0.05) is 30.0 Å². The van der Waals surface area contributed by atoms with Gasteiger partial charge in [0.15, 0.2) is 34.5 Å². The SMILES string of the molecule is O=C(/C=C/c1ccc(O)c([O-])c1/C(=C\c1ccc(O)c(O)c1)C(=O)O[C@H](Cc1ccc(O)c(O)c1)C(=O)O)O[C@H](Cc1ccc(O)c(O)c1)C(=O)O.[Na+]. The Labute approximate surface area is 321 Å². The first-order chi connectivity index (χ1) is 24.5. The molecule has 4 aromatic carbocycles. The molecule has 53 heavy (non-hydrogen) atoms. The first-order valence-electron chi connectivity index (χ1n) is 14.9. The Morgan fingerprint density at radius 2 is 1.09 bits per heavy atom. The Hall–Kier alpha value is -6.36. The van der Waals surface area contributed by atoms with Crippen LogP contribution in [0.2, 0.25) is 0 Å². The average molecular weight is 741 g/mol. The van der Waals surface area contributed by atoms with Crippen molar-refractivity contribution in [1.82, 2.24) is 0 Å². The van der Waals surface area contributed by atoms with Gasteiger partial charge in [0.1, 0.15) is 5.75 Å². The molecule has 0 saturated carbocycles. The molecule has 16 nitrogen and oxygen atoms in total. The molecule has 17 heteroatoms. The van der Waals surface area contributed by atoms with Crippen LogP contribution in [-0.4, -0.2) is 82.0 Å². The van der Waals surface area contributed by atoms with Gasteiger partial charge < -0.3 is 60.5 Å². The quantitative estimate of drug-likeness (QED) is 0.0280. The predicted molar refractivity (Wildman–Crippen MR) is 176 cm³/mol. The minimum Gasteiger partial charge on any atom is -0.870 e. The minimum atomic E-state index is -1.95. The van der Waals surface area contributed by atoms with Gasteiger partial charge in [0.25, 0.3) is 0 Å². The van der Waals surface area contributed by atoms with Crippen molar-refractivity contribution in [3.05, 3.63) is 101 Å². The van der Waals surface area contributed by atoms with Crippen molar-refractivity contribution in [3.8, 4) is 46.0 Å². The number of hydrogen-bond donors (Lipinski definition) is 9. The van der Waals surface area contributed by atoms with Crippen LogP contribution >= 0.6 is 0 Å². The Kier molecular flexibility index (Phi) is 13.7. The summed E-state index contributed by atoms with van der Waals surface area (Å²) in [7, 11) is 0. The molecule has 4 rings (SSSR count). The van der Waals surface area contributed by atoms with Crippen LogP contribution in [0.4, 0.5) is 0 Å². The van der Waals surface area contributed by atoms with E-state index in [-0.39, 0.29) is 51.8 Å². The second-order valence-corrected chi connectivity index (χ2v) is 11.1. The van der Waals surface area contributed by atoms with Gasteiger partial charge in [-0.25, -0.2) is 19.2 Å². The number of esters is 2. The van der Waals surface area contributed by atoms with E-state index >= 15 is 0 Å². The van der Waals surface area contributed by atoms with Gasteiger partial charge in [-0.2, -0.15) is 0 Å². The molecular weight excluding hydrogens is 711 g/mol. The number of rotatable bonds is 13. The summed E-state index contributed by atoms with van der Waals surface area (Å²) in [5, 5.41) is 102. The third-order valence-corrected chi connectivity index (χ3v) is 7.35. The van der Waals surface area contributed by atoms with Crippen LogP contribution in [0.3, 0.4) is 0 Å². The van der Waals surface area contributed by atoms with E-state index in [1.165, 1.54) is 18.2 Å². The smallest absolute Gasteiger partial charge is 0.870 e. The van der Waals surface area contributed by atoms with Crippen LogP contribution in [0.15, 0.2) is 72.8 Å². The van der Waals surface area contributed by atoms with Gasteiger partial charge in [0.2, 0.25) is 12.2 Å². The Morgan fingerprint density at radius 1 is 0.623 bits per heavy atom. The molecule has 0 aliphatic heterocycles. The van der Waals surface area contributed by atoms with E-state index in [1.54, 1.807) is 0 Å². The summed E-state index contributed by atoms with van der Waals surface area (Å²) in [5.41, 5.74) is -1.31. The summed E-state index contributed by atoms with van der Waals surface area (Å²) in [4.78, 5) is 50.5. The molecule has 0 aromatic heterocycles. The number of phenols is 7. The Bertz CT molecular complexity index is 2110. The summed E-state index contributed by atoms with van der Waals surface area (Å²) in [5.74, 6) is -11.3. The van der Waals surface area contributed by atoms with E-state index in [1.807, 2.05) is 0 Å². The maximum absolute atomic E-state index is 13.7. The number of carbonyl (C=O) groups excluding carboxylic acids is 2. The summed E-state index contributed by atoms with van der Waals surface area (Å²) >= 11 is 0. The molecule has 0 amide bonds. The molecule has 0 radical (unpaired) electrons. The largest absolute Gasteiger partial charge is 1.00 e. The maximum atomic E-state index is 13.7. The van der Waals surface area contributed by atoms with Crippen molar-refractivity contribution < 1.29 is 109 Å². The van der Waals surface area contributed by atoms with Crippen LogP contribution in [-0.2, 0) is 41.5 Å². The molecule has 9 N–H and O–H groups in total. The molecule has 0 bridgehead atoms. The first-order valence-corrected chi connectivity index (χ1v) is 14.9. The molecule has 0 unspecified atom stereocenters. The molecule has 0 heterocycles. The zero-order valence-corrected chi connectivity index (χ0v) is 29.5. The van der Waals surface area contributed by atoms with Crippen LogP contribution < -0.4 is 34.7 Å². The van der Waals surface area contributed by atoms with Crippen molar-refractivity contribution in [3.63, 3.8) is 0 Å². The van der Waals surface area contributed by atoms with E-state index in [2.05, 4.69) is 0 Å². The van der Waals surface area contributed by atoms with Crippen molar-refractivity contribution in [2.24, 2.45) is 0 Å². The second-order valence-electron chi connectivity index (χ2n) is 11.1. The molecule has 0 fully saturated rings. The zero-order valence-electron chi connectivity index (χ0n) is 27.5. The van der Waals surface area contributed by atoms with E-state index in [0.717, 1.165) is 60.7 Å². The number of aliphatic carboxylic acids is 2. The summed E-state index contributed by atoms with van der Waals surface area (Å²) in [6.07, 6.45) is -2.08. The number of hydrogen-bond acceptors (Lipinski definition) is 14. The molecule has 0 saturated heterocycles. The van der Waals surface area contributed by atoms with Crippen LogP contribution in [0.5, 0.6) is 46.0 Å². The molecular formula is C36H29NaO16. The number of carboxylic acid groups (broad SMARTS) is 2. The number of benzene rings is 4. The number of aromatic hydroxyl groups is 7. The molecule has 4 aromatic rings. The molecule has 0 aliphatic carbocycles. The van der Waals surface area contributed by atoms with Crippen molar-refractivity contribution in [2.45, 2.75) is 25.0 Å². The number of phenolic OH excluding ortho intramolecular Hbond substituents is 7. The molecule has 270 valence electrons. The normalized spacial score (nSPS) is 12.3. The molecule has 0 spiro atoms. The van der Waals surface area contributed by atoms with Crippen LogP contribution in [0.25, 0.3) is 17.7 Å². The first kappa shape index (κ1) is 41.1. The van der Waals surface area contributed by atoms with Gasteiger partial charge in [-0.3, -0.25) is 0 Å². The number of carbonyl (C=O) groups is 4. The third kappa shape index (κ3) is 10.6. The number of carboxylic acids is 2. The molecule has 2 atom stereocenters. The average Bonchev–Trinajstić information content (AvgIpc) is 3.08. The van der Waals surface area contributed by atoms with Gasteiger partial charge >= 0.3 is 53.4 Å². The van der Waals surface area contributed by atoms with Crippen molar-refractivity contribution in [1.29, 1.82) is 0 Å². The monoisotopic (exact) mass is 740 g/mol.